The Kier molecular flexibility index (Phi) is 7.93. The summed E-state index contributed by atoms with van der Waals surface area (Å²) in [5.41, 5.74) is 0.985. The van der Waals surface area contributed by atoms with Crippen molar-refractivity contribution in [3.8, 4) is 11.5 Å². The Balaban J connectivity index is 1.49. The van der Waals surface area contributed by atoms with E-state index in [0.717, 1.165) is 10.5 Å². The molecule has 0 radical (unpaired) electrons. The van der Waals surface area contributed by atoms with Gasteiger partial charge in [0.05, 0.1) is 20.8 Å². The van der Waals surface area contributed by atoms with Crippen LogP contribution in [-0.2, 0) is 20.9 Å². The highest BCUT2D eigenvalue weighted by Gasteiger charge is 2.34. The van der Waals surface area contributed by atoms with Crippen molar-refractivity contribution in [1.82, 2.24) is 10.2 Å². The molecule has 0 spiro atoms. The van der Waals surface area contributed by atoms with Gasteiger partial charge < -0.3 is 23.9 Å². The van der Waals surface area contributed by atoms with E-state index < -0.39 is 23.9 Å². The number of halogens is 1. The van der Waals surface area contributed by atoms with Gasteiger partial charge >= 0.3 is 18.0 Å². The van der Waals surface area contributed by atoms with Crippen LogP contribution in [0.1, 0.15) is 27.4 Å². The number of carbonyl (C=O) groups is 4. The van der Waals surface area contributed by atoms with E-state index in [1.807, 2.05) is 0 Å². The Bertz CT molecular complexity index is 1460. The molecule has 3 aromatic rings. The topological polar surface area (TPSA) is 124 Å². The SMILES string of the molecule is COC(=O)c1ccc(CN2C(=O)N/C(=C\c3cc(Cl)ccc3OC(=O)/C=C/c3ccc(OC)cc3)C2=O)o1. The first kappa shape index (κ1) is 26.2. The van der Waals surface area contributed by atoms with Gasteiger partial charge in [-0.25, -0.2) is 14.4 Å². The molecule has 0 bridgehead atoms. The largest absolute Gasteiger partial charge is 0.497 e. The highest BCUT2D eigenvalue weighted by Crippen LogP contribution is 2.27. The number of amides is 3. The van der Waals surface area contributed by atoms with Gasteiger partial charge in [0.1, 0.15) is 23.0 Å². The van der Waals surface area contributed by atoms with Gasteiger partial charge in [-0.3, -0.25) is 9.69 Å². The predicted octanol–water partition coefficient (Wildman–Crippen LogP) is 4.44. The molecule has 1 saturated heterocycles. The van der Waals surface area contributed by atoms with Crippen LogP contribution in [0.2, 0.25) is 5.02 Å². The lowest BCUT2D eigenvalue weighted by Gasteiger charge is -2.09. The minimum absolute atomic E-state index is 0.0586. The zero-order chi connectivity index (χ0) is 27.2. The molecule has 11 heteroatoms. The molecule has 194 valence electrons. The van der Waals surface area contributed by atoms with Crippen LogP contribution in [0.15, 0.2) is 70.8 Å². The number of hydrogen-bond donors (Lipinski definition) is 1. The molecule has 2 aromatic carbocycles. The quantitative estimate of drug-likeness (QED) is 0.194. The summed E-state index contributed by atoms with van der Waals surface area (Å²) in [5.74, 6) is -1.04. The lowest BCUT2D eigenvalue weighted by molar-refractivity contribution is -0.129. The fourth-order valence-corrected chi connectivity index (χ4v) is 3.63. The third-order valence-corrected chi connectivity index (χ3v) is 5.57. The monoisotopic (exact) mass is 536 g/mol. The molecule has 3 amide bonds. The van der Waals surface area contributed by atoms with Crippen LogP contribution in [0.3, 0.4) is 0 Å². The normalized spacial score (nSPS) is 14.2. The van der Waals surface area contributed by atoms with Crippen LogP contribution in [-0.4, -0.2) is 43.0 Å². The molecule has 1 aliphatic rings. The molecule has 10 nitrogen and oxygen atoms in total. The average molecular weight is 537 g/mol. The van der Waals surface area contributed by atoms with E-state index in [0.29, 0.717) is 16.3 Å². The number of urea groups is 1. The molecule has 38 heavy (non-hydrogen) atoms. The minimum atomic E-state index is -0.694. The summed E-state index contributed by atoms with van der Waals surface area (Å²) in [6, 6.07) is 13.7. The third kappa shape index (κ3) is 6.11. The van der Waals surface area contributed by atoms with E-state index in [1.165, 1.54) is 49.6 Å². The number of hydrogen-bond acceptors (Lipinski definition) is 8. The molecular weight excluding hydrogens is 516 g/mol. The van der Waals surface area contributed by atoms with Crippen molar-refractivity contribution in [2.75, 3.05) is 14.2 Å². The number of esters is 2. The summed E-state index contributed by atoms with van der Waals surface area (Å²) in [5, 5.41) is 2.80. The van der Waals surface area contributed by atoms with Gasteiger partial charge in [-0.1, -0.05) is 23.7 Å². The summed E-state index contributed by atoms with van der Waals surface area (Å²) in [6.07, 6.45) is 4.18. The van der Waals surface area contributed by atoms with Gasteiger partial charge in [0, 0.05) is 16.7 Å². The average Bonchev–Trinajstić information content (AvgIpc) is 3.49. The Morgan fingerprint density at radius 2 is 1.82 bits per heavy atom. The summed E-state index contributed by atoms with van der Waals surface area (Å²) < 4.78 is 20.5. The molecule has 2 heterocycles. The van der Waals surface area contributed by atoms with Crippen molar-refractivity contribution < 1.29 is 37.8 Å². The number of carbonyl (C=O) groups excluding carboxylic acids is 4. The molecule has 0 unspecified atom stereocenters. The van der Waals surface area contributed by atoms with E-state index in [9.17, 15) is 19.2 Å². The van der Waals surface area contributed by atoms with Crippen molar-refractivity contribution in [3.63, 3.8) is 0 Å². The molecule has 1 aliphatic heterocycles. The molecule has 0 saturated carbocycles. The lowest BCUT2D eigenvalue weighted by Crippen LogP contribution is -2.30. The molecule has 4 rings (SSSR count). The first-order valence-corrected chi connectivity index (χ1v) is 11.5. The number of nitrogens with one attached hydrogen (secondary N) is 1. The molecule has 1 fully saturated rings. The van der Waals surface area contributed by atoms with Crippen molar-refractivity contribution in [3.05, 3.63) is 94.0 Å². The number of nitrogens with zero attached hydrogens (tertiary/aromatic N) is 1. The molecule has 0 atom stereocenters. The summed E-state index contributed by atoms with van der Waals surface area (Å²) in [4.78, 5) is 50.3. The Morgan fingerprint density at radius 3 is 2.53 bits per heavy atom. The van der Waals surface area contributed by atoms with E-state index in [4.69, 9.17) is 25.5 Å². The standard InChI is InChI=1S/C27H21ClN2O8/c1-35-19-7-3-16(4-8-19)5-12-24(31)38-22-10-6-18(28)13-17(22)14-21-25(32)30(27(34)29-21)15-20-9-11-23(37-20)26(33)36-2/h3-14H,15H2,1-2H3,(H,29,34)/b12-5+,21-14-. The molecular formula is C27H21ClN2O8. The highest BCUT2D eigenvalue weighted by molar-refractivity contribution is 6.30. The second kappa shape index (κ2) is 11.5. The predicted molar refractivity (Wildman–Crippen MR) is 136 cm³/mol. The number of furan rings is 1. The van der Waals surface area contributed by atoms with E-state index in [1.54, 1.807) is 37.5 Å². The Morgan fingerprint density at radius 1 is 1.05 bits per heavy atom. The fraction of sp³-hybridized carbons (Fsp3) is 0.111. The summed E-state index contributed by atoms with van der Waals surface area (Å²) >= 11 is 6.12. The van der Waals surface area contributed by atoms with Crippen LogP contribution < -0.4 is 14.8 Å². The first-order chi connectivity index (χ1) is 18.3. The van der Waals surface area contributed by atoms with Crippen molar-refractivity contribution in [2.45, 2.75) is 6.54 Å². The van der Waals surface area contributed by atoms with Crippen molar-refractivity contribution in [1.29, 1.82) is 0 Å². The highest BCUT2D eigenvalue weighted by atomic mass is 35.5. The van der Waals surface area contributed by atoms with Crippen LogP contribution in [0.4, 0.5) is 4.79 Å². The van der Waals surface area contributed by atoms with Crippen LogP contribution in [0.25, 0.3) is 12.2 Å². The number of imide groups is 1. The van der Waals surface area contributed by atoms with Crippen molar-refractivity contribution in [2.24, 2.45) is 0 Å². The van der Waals surface area contributed by atoms with Gasteiger partial charge in [0.15, 0.2) is 0 Å². The van der Waals surface area contributed by atoms with Gasteiger partial charge in [0.25, 0.3) is 5.91 Å². The second-order valence-electron chi connectivity index (χ2n) is 7.85. The van der Waals surface area contributed by atoms with Gasteiger partial charge in [0.2, 0.25) is 5.76 Å². The number of ether oxygens (including phenoxy) is 3. The maximum atomic E-state index is 12.9. The zero-order valence-electron chi connectivity index (χ0n) is 20.2. The maximum Gasteiger partial charge on any atom is 0.373 e. The van der Waals surface area contributed by atoms with Gasteiger partial charge in [-0.15, -0.1) is 0 Å². The number of rotatable bonds is 8. The lowest BCUT2D eigenvalue weighted by atomic mass is 10.1. The fourth-order valence-electron chi connectivity index (χ4n) is 3.45. The smallest absolute Gasteiger partial charge is 0.373 e. The Hall–Kier alpha value is -4.83. The zero-order valence-corrected chi connectivity index (χ0v) is 21.0. The van der Waals surface area contributed by atoms with E-state index >= 15 is 0 Å². The summed E-state index contributed by atoms with van der Waals surface area (Å²) in [6.45, 7) is -0.216. The molecule has 0 aliphatic carbocycles. The summed E-state index contributed by atoms with van der Waals surface area (Å²) in [7, 11) is 2.77. The third-order valence-electron chi connectivity index (χ3n) is 5.33. The Labute approximate surface area is 222 Å². The van der Waals surface area contributed by atoms with E-state index in [2.05, 4.69) is 10.1 Å². The number of methoxy groups -OCH3 is 2. The van der Waals surface area contributed by atoms with Crippen molar-refractivity contribution >= 4 is 47.6 Å². The van der Waals surface area contributed by atoms with Crippen LogP contribution in [0.5, 0.6) is 11.5 Å². The molecule has 1 N–H and O–H groups in total. The first-order valence-electron chi connectivity index (χ1n) is 11.1. The number of benzene rings is 2. The van der Waals surface area contributed by atoms with Gasteiger partial charge in [-0.05, 0) is 60.2 Å². The maximum absolute atomic E-state index is 12.9. The van der Waals surface area contributed by atoms with Crippen LogP contribution in [0, 0.1) is 0 Å². The van der Waals surface area contributed by atoms with Gasteiger partial charge in [-0.2, -0.15) is 0 Å². The van der Waals surface area contributed by atoms with E-state index in [-0.39, 0.29) is 29.5 Å². The molecule has 1 aromatic heterocycles. The van der Waals surface area contributed by atoms with Crippen LogP contribution >= 0.6 is 11.6 Å². The second-order valence-corrected chi connectivity index (χ2v) is 8.28. The minimum Gasteiger partial charge on any atom is -0.497 e.